The number of amides is 2. The van der Waals surface area contributed by atoms with E-state index in [1.165, 1.54) is 7.11 Å². The van der Waals surface area contributed by atoms with E-state index in [2.05, 4.69) is 21.9 Å². The molecule has 2 N–H and O–H groups in total. The van der Waals surface area contributed by atoms with Gasteiger partial charge in [-0.15, -0.1) is 0 Å². The second-order valence-corrected chi connectivity index (χ2v) is 5.09. The van der Waals surface area contributed by atoms with Gasteiger partial charge in [0.1, 0.15) is 6.54 Å². The van der Waals surface area contributed by atoms with Crippen LogP contribution >= 0.6 is 0 Å². The van der Waals surface area contributed by atoms with Crippen molar-refractivity contribution in [1.29, 1.82) is 0 Å². The molecule has 0 spiro atoms. The molecule has 2 unspecified atom stereocenters. The maximum Gasteiger partial charge on any atom is 0.407 e. The average molecular weight is 287 g/mol. The number of hydrogen-bond donors (Lipinski definition) is 2. The SMILES string of the molecule is CCC1CN(C(=O)CNC(=O)OC)CCN1CC(C)O. The maximum absolute atomic E-state index is 12.0. The summed E-state index contributed by atoms with van der Waals surface area (Å²) in [5.41, 5.74) is 0. The minimum Gasteiger partial charge on any atom is -0.453 e. The van der Waals surface area contributed by atoms with Gasteiger partial charge in [-0.3, -0.25) is 9.69 Å². The summed E-state index contributed by atoms with van der Waals surface area (Å²) in [5, 5.41) is 11.9. The van der Waals surface area contributed by atoms with Crippen molar-refractivity contribution >= 4 is 12.0 Å². The summed E-state index contributed by atoms with van der Waals surface area (Å²) in [4.78, 5) is 26.9. The number of aliphatic hydroxyl groups is 1. The fraction of sp³-hybridized carbons (Fsp3) is 0.846. The Labute approximate surface area is 119 Å². The molecule has 0 aromatic carbocycles. The predicted octanol–water partition coefficient (Wildman–Crippen LogP) is -0.354. The van der Waals surface area contributed by atoms with Crippen molar-refractivity contribution in [3.63, 3.8) is 0 Å². The number of aliphatic hydroxyl groups excluding tert-OH is 1. The van der Waals surface area contributed by atoms with Crippen LogP contribution in [0.25, 0.3) is 0 Å². The first-order chi connectivity index (χ1) is 9.47. The second kappa shape index (κ2) is 8.06. The number of carbonyl (C=O) groups is 2. The Morgan fingerprint density at radius 3 is 2.70 bits per heavy atom. The largest absolute Gasteiger partial charge is 0.453 e. The fourth-order valence-corrected chi connectivity index (χ4v) is 2.42. The molecule has 0 radical (unpaired) electrons. The minimum atomic E-state index is -0.599. The molecule has 0 aliphatic carbocycles. The van der Waals surface area contributed by atoms with Crippen LogP contribution in [-0.4, -0.2) is 78.9 Å². The third-order valence-corrected chi connectivity index (χ3v) is 3.50. The van der Waals surface area contributed by atoms with Crippen LogP contribution in [0.4, 0.5) is 4.79 Å². The van der Waals surface area contributed by atoms with E-state index in [4.69, 9.17) is 0 Å². The number of ether oxygens (including phenoxy) is 1. The minimum absolute atomic E-state index is 0.0422. The standard InChI is InChI=1S/C13H25N3O4/c1-4-11-9-16(6-5-15(11)8-10(2)17)12(18)7-14-13(19)20-3/h10-11,17H,4-9H2,1-3H3,(H,14,19). The Morgan fingerprint density at radius 2 is 2.15 bits per heavy atom. The van der Waals surface area contributed by atoms with Crippen molar-refractivity contribution in [2.75, 3.05) is 39.8 Å². The molecule has 7 heteroatoms. The van der Waals surface area contributed by atoms with E-state index in [0.717, 1.165) is 13.0 Å². The molecule has 1 rings (SSSR count). The number of nitrogens with zero attached hydrogens (tertiary/aromatic N) is 2. The molecule has 20 heavy (non-hydrogen) atoms. The highest BCUT2D eigenvalue weighted by molar-refractivity contribution is 5.82. The number of nitrogens with one attached hydrogen (secondary N) is 1. The zero-order valence-corrected chi connectivity index (χ0v) is 12.5. The fourth-order valence-electron chi connectivity index (χ4n) is 2.42. The molecule has 116 valence electrons. The van der Waals surface area contributed by atoms with Gasteiger partial charge < -0.3 is 20.1 Å². The number of β-amino-alcohol motifs (C(OH)–C–C–N with tert-alkyl or cyclic N) is 1. The summed E-state index contributed by atoms with van der Waals surface area (Å²) in [7, 11) is 1.27. The molecule has 0 bridgehead atoms. The van der Waals surface area contributed by atoms with Gasteiger partial charge in [-0.05, 0) is 13.3 Å². The zero-order valence-electron chi connectivity index (χ0n) is 12.5. The van der Waals surface area contributed by atoms with Crippen LogP contribution in [0.5, 0.6) is 0 Å². The molecule has 1 saturated heterocycles. The van der Waals surface area contributed by atoms with E-state index in [9.17, 15) is 14.7 Å². The number of piperazine rings is 1. The first kappa shape index (κ1) is 16.7. The summed E-state index contributed by atoms with van der Waals surface area (Å²) in [6.07, 6.45) is -0.0496. The molecule has 7 nitrogen and oxygen atoms in total. The van der Waals surface area contributed by atoms with Crippen LogP contribution in [0.2, 0.25) is 0 Å². The van der Waals surface area contributed by atoms with Gasteiger partial charge in [-0.25, -0.2) is 4.79 Å². The zero-order chi connectivity index (χ0) is 15.1. The monoisotopic (exact) mass is 287 g/mol. The lowest BCUT2D eigenvalue weighted by atomic mass is 10.1. The molecule has 2 amide bonds. The van der Waals surface area contributed by atoms with Crippen LogP contribution in [-0.2, 0) is 9.53 Å². The van der Waals surface area contributed by atoms with Gasteiger partial charge in [0, 0.05) is 32.2 Å². The van der Waals surface area contributed by atoms with Crippen LogP contribution in [0.1, 0.15) is 20.3 Å². The Kier molecular flexibility index (Phi) is 6.74. The highest BCUT2D eigenvalue weighted by Crippen LogP contribution is 2.13. The number of rotatable bonds is 5. The number of alkyl carbamates (subject to hydrolysis) is 1. The summed E-state index contributed by atoms with van der Waals surface area (Å²) >= 11 is 0. The Hall–Kier alpha value is -1.34. The smallest absolute Gasteiger partial charge is 0.407 e. The van der Waals surface area contributed by atoms with Crippen molar-refractivity contribution in [3.05, 3.63) is 0 Å². The molecule has 1 aliphatic heterocycles. The van der Waals surface area contributed by atoms with Gasteiger partial charge in [0.25, 0.3) is 0 Å². The van der Waals surface area contributed by atoms with Gasteiger partial charge in [-0.2, -0.15) is 0 Å². The maximum atomic E-state index is 12.0. The number of carbonyl (C=O) groups excluding carboxylic acids is 2. The summed E-state index contributed by atoms with van der Waals surface area (Å²) < 4.78 is 4.43. The van der Waals surface area contributed by atoms with E-state index in [0.29, 0.717) is 19.6 Å². The summed E-state index contributed by atoms with van der Waals surface area (Å²) in [6, 6.07) is 0.250. The Balaban J connectivity index is 2.46. The van der Waals surface area contributed by atoms with Crippen molar-refractivity contribution in [3.8, 4) is 0 Å². The molecule has 1 fully saturated rings. The average Bonchev–Trinajstić information content (AvgIpc) is 2.44. The van der Waals surface area contributed by atoms with Crippen LogP contribution in [0.15, 0.2) is 0 Å². The molecule has 0 aromatic heterocycles. The topological polar surface area (TPSA) is 82.1 Å². The first-order valence-corrected chi connectivity index (χ1v) is 6.99. The van der Waals surface area contributed by atoms with Crippen molar-refractivity contribution < 1.29 is 19.4 Å². The predicted molar refractivity (Wildman–Crippen MR) is 74.3 cm³/mol. The van der Waals surface area contributed by atoms with Crippen molar-refractivity contribution in [2.45, 2.75) is 32.4 Å². The van der Waals surface area contributed by atoms with Gasteiger partial charge in [0.05, 0.1) is 13.2 Å². The van der Waals surface area contributed by atoms with Gasteiger partial charge in [0.2, 0.25) is 5.91 Å². The van der Waals surface area contributed by atoms with Gasteiger partial charge in [-0.1, -0.05) is 6.92 Å². The summed E-state index contributed by atoms with van der Waals surface area (Å²) in [5.74, 6) is -0.106. The second-order valence-electron chi connectivity index (χ2n) is 5.09. The van der Waals surface area contributed by atoms with E-state index in [1.807, 2.05) is 0 Å². The van der Waals surface area contributed by atoms with E-state index < -0.39 is 6.09 Å². The number of methoxy groups -OCH3 is 1. The highest BCUT2D eigenvalue weighted by atomic mass is 16.5. The Morgan fingerprint density at radius 1 is 1.45 bits per heavy atom. The van der Waals surface area contributed by atoms with Crippen LogP contribution < -0.4 is 5.32 Å². The van der Waals surface area contributed by atoms with E-state index >= 15 is 0 Å². The Bertz CT molecular complexity index is 336. The van der Waals surface area contributed by atoms with Crippen LogP contribution in [0, 0.1) is 0 Å². The van der Waals surface area contributed by atoms with Crippen LogP contribution in [0.3, 0.4) is 0 Å². The molecular weight excluding hydrogens is 262 g/mol. The molecule has 2 atom stereocenters. The molecule has 0 saturated carbocycles. The summed E-state index contributed by atoms with van der Waals surface area (Å²) in [6.45, 7) is 6.41. The molecule has 0 aromatic rings. The lowest BCUT2D eigenvalue weighted by molar-refractivity contribution is -0.133. The molecule has 1 aliphatic rings. The lowest BCUT2D eigenvalue weighted by Crippen LogP contribution is -2.57. The lowest BCUT2D eigenvalue weighted by Gasteiger charge is -2.41. The molecular formula is C13H25N3O4. The van der Waals surface area contributed by atoms with Crippen molar-refractivity contribution in [1.82, 2.24) is 15.1 Å². The number of hydrogen-bond acceptors (Lipinski definition) is 5. The third-order valence-electron chi connectivity index (χ3n) is 3.50. The van der Waals surface area contributed by atoms with Gasteiger partial charge >= 0.3 is 6.09 Å². The van der Waals surface area contributed by atoms with Gasteiger partial charge in [0.15, 0.2) is 0 Å². The van der Waals surface area contributed by atoms with E-state index in [1.54, 1.807) is 11.8 Å². The molecule has 1 heterocycles. The quantitative estimate of drug-likeness (QED) is 0.722. The highest BCUT2D eigenvalue weighted by Gasteiger charge is 2.28. The third kappa shape index (κ3) is 4.97. The normalized spacial score (nSPS) is 21.4. The van der Waals surface area contributed by atoms with Crippen molar-refractivity contribution in [2.24, 2.45) is 0 Å². The van der Waals surface area contributed by atoms with E-state index in [-0.39, 0.29) is 24.6 Å². The first-order valence-electron chi connectivity index (χ1n) is 6.99.